The standard InChI is InChI=1S/C11H16FN3O.C10H12N2.C9H18/c1-14(2)10-5-9(12)8(6-13)4-11(10)15(3)7-16;1-8(2)9-4-3-6-12-7-5-11-10(9)12;1-2-6-9-7-4-3-5-8-9/h4-5,7H,6,13H2,1-3H3;3-8H,1-2H3;9H,2-8H2,1H3. The van der Waals surface area contributed by atoms with Crippen LogP contribution < -0.4 is 15.5 Å². The van der Waals surface area contributed by atoms with Crippen LogP contribution >= 0.6 is 0 Å². The summed E-state index contributed by atoms with van der Waals surface area (Å²) in [4.78, 5) is 18.2. The number of benzene rings is 1. The van der Waals surface area contributed by atoms with E-state index >= 15 is 0 Å². The van der Waals surface area contributed by atoms with E-state index in [0.717, 1.165) is 11.6 Å². The third-order valence-electron chi connectivity index (χ3n) is 6.88. The van der Waals surface area contributed by atoms with Gasteiger partial charge in [-0.05, 0) is 35.6 Å². The minimum absolute atomic E-state index is 0.110. The van der Waals surface area contributed by atoms with E-state index in [1.807, 2.05) is 18.6 Å². The second-order valence-electron chi connectivity index (χ2n) is 10.3. The average molecular weight is 512 g/mol. The number of fused-ring (bicyclic) bond motifs is 1. The van der Waals surface area contributed by atoms with Gasteiger partial charge in [-0.15, -0.1) is 0 Å². The first-order valence-corrected chi connectivity index (χ1v) is 13.5. The number of carbonyl (C=O) groups is 1. The van der Waals surface area contributed by atoms with Gasteiger partial charge in [-0.1, -0.05) is 71.8 Å². The molecule has 3 aromatic rings. The van der Waals surface area contributed by atoms with Crippen molar-refractivity contribution in [2.75, 3.05) is 30.9 Å². The monoisotopic (exact) mass is 511 g/mol. The second-order valence-corrected chi connectivity index (χ2v) is 10.3. The lowest BCUT2D eigenvalue weighted by Gasteiger charge is -2.22. The zero-order chi connectivity index (χ0) is 27.4. The maximum absolute atomic E-state index is 13.5. The summed E-state index contributed by atoms with van der Waals surface area (Å²) in [6.45, 7) is 6.78. The van der Waals surface area contributed by atoms with Crippen molar-refractivity contribution in [3.05, 3.63) is 59.8 Å². The van der Waals surface area contributed by atoms with Crippen molar-refractivity contribution in [3.63, 3.8) is 0 Å². The van der Waals surface area contributed by atoms with Gasteiger partial charge in [-0.3, -0.25) is 4.79 Å². The Hall–Kier alpha value is -2.93. The maximum Gasteiger partial charge on any atom is 0.213 e. The van der Waals surface area contributed by atoms with Crippen molar-refractivity contribution < 1.29 is 9.18 Å². The highest BCUT2D eigenvalue weighted by molar-refractivity contribution is 5.83. The number of anilines is 2. The predicted molar refractivity (Wildman–Crippen MR) is 154 cm³/mol. The lowest BCUT2D eigenvalue weighted by Crippen LogP contribution is -2.20. The number of imidazole rings is 1. The number of aromatic nitrogens is 2. The molecule has 0 atom stereocenters. The van der Waals surface area contributed by atoms with E-state index in [1.54, 1.807) is 32.1 Å². The van der Waals surface area contributed by atoms with Crippen molar-refractivity contribution >= 4 is 23.4 Å². The van der Waals surface area contributed by atoms with Gasteiger partial charge in [0, 0.05) is 51.8 Å². The van der Waals surface area contributed by atoms with Crippen molar-refractivity contribution in [1.82, 2.24) is 9.38 Å². The van der Waals surface area contributed by atoms with Crippen LogP contribution in [-0.4, -0.2) is 36.9 Å². The van der Waals surface area contributed by atoms with Gasteiger partial charge in [0.25, 0.3) is 0 Å². The lowest BCUT2D eigenvalue weighted by atomic mass is 9.86. The average Bonchev–Trinajstić information content (AvgIpc) is 3.38. The second kappa shape index (κ2) is 15.4. The van der Waals surface area contributed by atoms with Gasteiger partial charge in [0.1, 0.15) is 11.5 Å². The molecule has 4 rings (SSSR count). The Morgan fingerprint density at radius 2 is 1.84 bits per heavy atom. The summed E-state index contributed by atoms with van der Waals surface area (Å²) in [6.07, 6.45) is 16.9. The van der Waals surface area contributed by atoms with Gasteiger partial charge in [-0.25, -0.2) is 9.37 Å². The van der Waals surface area contributed by atoms with Gasteiger partial charge >= 0.3 is 0 Å². The Labute approximate surface area is 222 Å². The molecule has 0 radical (unpaired) electrons. The van der Waals surface area contributed by atoms with E-state index < -0.39 is 0 Å². The number of rotatable bonds is 7. The number of halogens is 1. The first-order valence-electron chi connectivity index (χ1n) is 13.5. The molecule has 1 saturated carbocycles. The quantitative estimate of drug-likeness (QED) is 0.356. The van der Waals surface area contributed by atoms with Crippen LogP contribution in [0.2, 0.25) is 0 Å². The first-order chi connectivity index (χ1) is 17.7. The van der Waals surface area contributed by atoms with Crippen molar-refractivity contribution in [2.24, 2.45) is 11.7 Å². The fourth-order valence-corrected chi connectivity index (χ4v) is 4.75. The Morgan fingerprint density at radius 3 is 2.41 bits per heavy atom. The van der Waals surface area contributed by atoms with Crippen LogP contribution in [0.5, 0.6) is 0 Å². The van der Waals surface area contributed by atoms with Crippen molar-refractivity contribution in [3.8, 4) is 0 Å². The highest BCUT2D eigenvalue weighted by Gasteiger charge is 2.13. The van der Waals surface area contributed by atoms with Gasteiger partial charge in [0.05, 0.1) is 11.4 Å². The van der Waals surface area contributed by atoms with E-state index in [9.17, 15) is 9.18 Å². The number of carbonyl (C=O) groups excluding carboxylic acids is 1. The summed E-state index contributed by atoms with van der Waals surface area (Å²) in [5.74, 6) is 1.29. The molecular formula is C30H46FN5O. The van der Waals surface area contributed by atoms with Gasteiger partial charge in [-0.2, -0.15) is 0 Å². The molecule has 1 aliphatic rings. The minimum Gasteiger partial charge on any atom is -0.376 e. The summed E-state index contributed by atoms with van der Waals surface area (Å²) in [5.41, 5.74) is 9.49. The van der Waals surface area contributed by atoms with Gasteiger partial charge < -0.3 is 19.9 Å². The molecular weight excluding hydrogens is 465 g/mol. The molecule has 1 fully saturated rings. The molecule has 0 spiro atoms. The molecule has 0 bridgehead atoms. The summed E-state index contributed by atoms with van der Waals surface area (Å²) < 4.78 is 15.6. The number of nitrogens with two attached hydrogens (primary N) is 1. The van der Waals surface area contributed by atoms with Crippen LogP contribution in [0.4, 0.5) is 15.8 Å². The van der Waals surface area contributed by atoms with E-state index in [-0.39, 0.29) is 12.4 Å². The Kier molecular flexibility index (Phi) is 12.6. The molecule has 0 aliphatic heterocycles. The topological polar surface area (TPSA) is 66.9 Å². The summed E-state index contributed by atoms with van der Waals surface area (Å²) in [6, 6.07) is 7.17. The fraction of sp³-hybridized carbons (Fsp3) is 0.533. The smallest absolute Gasteiger partial charge is 0.213 e. The SMILES string of the molecule is CC(C)c1cccn2ccnc12.CCCC1CCCCC1.CN(C)c1cc(F)c(CN)cc1N(C)C=O. The zero-order valence-corrected chi connectivity index (χ0v) is 23.6. The molecule has 2 aromatic heterocycles. The number of hydrogen-bond acceptors (Lipinski definition) is 4. The first kappa shape index (κ1) is 30.3. The molecule has 2 heterocycles. The maximum atomic E-state index is 13.5. The normalized spacial score (nSPS) is 13.4. The van der Waals surface area contributed by atoms with E-state index in [4.69, 9.17) is 5.73 Å². The predicted octanol–water partition coefficient (Wildman–Crippen LogP) is 6.77. The molecule has 1 amide bonds. The molecule has 2 N–H and O–H groups in total. The van der Waals surface area contributed by atoms with Crippen LogP contribution in [0, 0.1) is 11.7 Å². The van der Waals surface area contributed by atoms with E-state index in [0.29, 0.717) is 29.3 Å². The number of hydrogen-bond donors (Lipinski definition) is 1. The highest BCUT2D eigenvalue weighted by atomic mass is 19.1. The van der Waals surface area contributed by atoms with Crippen LogP contribution in [0.1, 0.15) is 82.8 Å². The van der Waals surface area contributed by atoms with Gasteiger partial charge in [0.15, 0.2) is 0 Å². The largest absolute Gasteiger partial charge is 0.376 e. The fourth-order valence-electron chi connectivity index (χ4n) is 4.75. The molecule has 1 aromatic carbocycles. The number of amides is 1. The summed E-state index contributed by atoms with van der Waals surface area (Å²) in [5, 5.41) is 0. The number of pyridine rings is 1. The molecule has 7 heteroatoms. The van der Waals surface area contributed by atoms with Crippen molar-refractivity contribution in [1.29, 1.82) is 0 Å². The van der Waals surface area contributed by atoms with E-state index in [2.05, 4.69) is 42.3 Å². The van der Waals surface area contributed by atoms with Crippen molar-refractivity contribution in [2.45, 2.75) is 78.2 Å². The molecule has 1 aliphatic carbocycles. The van der Waals surface area contributed by atoms with E-state index in [1.165, 1.54) is 61.5 Å². The zero-order valence-electron chi connectivity index (χ0n) is 23.6. The van der Waals surface area contributed by atoms with Crippen LogP contribution in [-0.2, 0) is 11.3 Å². The molecule has 204 valence electrons. The number of nitrogens with zero attached hydrogens (tertiary/aromatic N) is 4. The Bertz CT molecular complexity index is 1090. The van der Waals surface area contributed by atoms with Crippen LogP contribution in [0.15, 0.2) is 42.9 Å². The van der Waals surface area contributed by atoms with Crippen LogP contribution in [0.3, 0.4) is 0 Å². The Balaban J connectivity index is 0.000000203. The molecule has 0 unspecified atom stereocenters. The minimum atomic E-state index is -0.353. The molecule has 6 nitrogen and oxygen atoms in total. The highest BCUT2D eigenvalue weighted by Crippen LogP contribution is 2.30. The van der Waals surface area contributed by atoms with Crippen LogP contribution in [0.25, 0.3) is 5.65 Å². The third kappa shape index (κ3) is 8.85. The third-order valence-corrected chi connectivity index (χ3v) is 6.88. The molecule has 0 saturated heterocycles. The summed E-state index contributed by atoms with van der Waals surface area (Å²) >= 11 is 0. The molecule has 37 heavy (non-hydrogen) atoms. The lowest BCUT2D eigenvalue weighted by molar-refractivity contribution is -0.107. The Morgan fingerprint density at radius 1 is 1.14 bits per heavy atom. The summed E-state index contributed by atoms with van der Waals surface area (Å²) in [7, 11) is 5.20. The van der Waals surface area contributed by atoms with Gasteiger partial charge in [0.2, 0.25) is 6.41 Å².